The van der Waals surface area contributed by atoms with E-state index in [-0.39, 0.29) is 26.9 Å². The molecule has 2 fully saturated rings. The fourth-order valence-electron chi connectivity index (χ4n) is 7.16. The lowest BCUT2D eigenvalue weighted by molar-refractivity contribution is -0.140. The Morgan fingerprint density at radius 2 is 1.17 bits per heavy atom. The summed E-state index contributed by atoms with van der Waals surface area (Å²) < 4.78 is 25.0. The first-order valence-electron chi connectivity index (χ1n) is 19.1. The molecule has 2 aliphatic heterocycles. The summed E-state index contributed by atoms with van der Waals surface area (Å²) in [5.41, 5.74) is 10.4. The van der Waals surface area contributed by atoms with Crippen LogP contribution < -0.4 is 30.0 Å². The third kappa shape index (κ3) is 8.45. The van der Waals surface area contributed by atoms with Crippen molar-refractivity contribution in [3.63, 3.8) is 0 Å². The minimum atomic E-state index is -0.749. The van der Waals surface area contributed by atoms with Crippen molar-refractivity contribution in [2.45, 2.75) is 56.8 Å². The van der Waals surface area contributed by atoms with E-state index in [9.17, 15) is 9.59 Å². The van der Waals surface area contributed by atoms with Crippen LogP contribution in [0.4, 0.5) is 11.9 Å². The minimum Gasteiger partial charge on any atom is -0.481 e. The van der Waals surface area contributed by atoms with E-state index in [1.807, 2.05) is 96.0 Å². The molecule has 0 spiro atoms. The summed E-state index contributed by atoms with van der Waals surface area (Å²) in [5, 5.41) is 13.6. The van der Waals surface area contributed by atoms with Gasteiger partial charge in [-0.05, 0) is 84.3 Å². The lowest BCUT2D eigenvalue weighted by Crippen LogP contribution is -2.29. The Morgan fingerprint density at radius 1 is 0.700 bits per heavy atom. The molecule has 4 aliphatic rings. The number of carboxylic acids is 1. The van der Waals surface area contributed by atoms with Crippen LogP contribution in [-0.2, 0) is 47.4 Å². The van der Waals surface area contributed by atoms with Gasteiger partial charge < -0.3 is 38.9 Å². The number of nitrogens with zero attached hydrogens (tertiary/aromatic N) is 4. The molecule has 13 nitrogen and oxygen atoms in total. The highest BCUT2D eigenvalue weighted by atomic mass is 35.5. The van der Waals surface area contributed by atoms with Crippen molar-refractivity contribution in [1.82, 2.24) is 19.1 Å². The van der Waals surface area contributed by atoms with Crippen LogP contribution in [0.5, 0.6) is 23.0 Å². The van der Waals surface area contributed by atoms with E-state index in [2.05, 4.69) is 15.3 Å². The maximum absolute atomic E-state index is 13.1. The van der Waals surface area contributed by atoms with E-state index in [1.165, 1.54) is 0 Å². The zero-order valence-corrected chi connectivity index (χ0v) is 33.9. The van der Waals surface area contributed by atoms with Crippen LogP contribution in [0.3, 0.4) is 0 Å². The number of amides is 1. The van der Waals surface area contributed by atoms with Gasteiger partial charge in [-0.1, -0.05) is 79.2 Å². The zero-order chi connectivity index (χ0) is 41.3. The van der Waals surface area contributed by atoms with Crippen molar-refractivity contribution in [1.29, 1.82) is 0 Å². The van der Waals surface area contributed by atoms with Gasteiger partial charge in [-0.15, -0.1) is 0 Å². The number of halogens is 2. The molecule has 10 rings (SSSR count). The molecule has 60 heavy (non-hydrogen) atoms. The fraction of sp³-hybridized carbons (Fsp3) is 0.289. The van der Waals surface area contributed by atoms with E-state index in [0.717, 1.165) is 68.7 Å². The van der Waals surface area contributed by atoms with Gasteiger partial charge in [0.25, 0.3) is 0 Å². The van der Waals surface area contributed by atoms with Crippen molar-refractivity contribution in [2.24, 2.45) is 14.1 Å². The van der Waals surface area contributed by atoms with E-state index >= 15 is 0 Å². The number of fused-ring (bicyclic) bond motifs is 2. The van der Waals surface area contributed by atoms with Crippen LogP contribution in [0.15, 0.2) is 97.3 Å². The number of anilines is 2. The first-order chi connectivity index (χ1) is 28.5. The number of aromatic nitrogens is 4. The molecule has 15 heteroatoms. The molecule has 2 saturated carbocycles. The van der Waals surface area contributed by atoms with Gasteiger partial charge in [0, 0.05) is 48.4 Å². The number of nitrogens with two attached hydrogens (primary N) is 1. The summed E-state index contributed by atoms with van der Waals surface area (Å²) in [5.74, 6) is 3.02. The number of carbonyl (C=O) groups is 2. The molecular weight excluding hydrogens is 807 g/mol. The standard InChI is InChI=1S/C22H20ClN3O3.C11H12ClN3.C11H10O4.CH4/c1-26-16(10-14-4-2-3-5-17(14)23)12-24-21(26)25-20(27)22(8-9-22)15-6-7-18-19(11-15)29-13-28-18;1-15-9(7-14-11(15)13)6-8-4-2-3-5-10(8)12;12-10(13)11(3-4-11)7-1-2-8-9(5-7)15-6-14-8;/h2-7,11-12H,8-10,13H2,1H3,(H,24,25,27);2-5,7H,6H2,1H3,(H2,13,14);1-2,5H,3-4,6H2,(H,12,13);1H4. The lowest BCUT2D eigenvalue weighted by atomic mass is 9.94. The molecule has 0 atom stereocenters. The van der Waals surface area contributed by atoms with Gasteiger partial charge in [-0.2, -0.15) is 0 Å². The summed E-state index contributed by atoms with van der Waals surface area (Å²) in [6.45, 7) is 0.443. The topological polar surface area (TPSA) is 165 Å². The summed E-state index contributed by atoms with van der Waals surface area (Å²) in [6, 6.07) is 26.6. The molecule has 4 N–H and O–H groups in total. The number of carboxylic acid groups (broad SMARTS) is 1. The van der Waals surface area contributed by atoms with E-state index in [4.69, 9.17) is 53.0 Å². The Labute approximate surface area is 358 Å². The average molecular weight is 854 g/mol. The summed E-state index contributed by atoms with van der Waals surface area (Å²) in [6.07, 6.45) is 7.97. The molecule has 4 heterocycles. The SMILES string of the molecule is C.Cn1c(Cc2ccccc2Cl)cnc1N.Cn1c(Cc2ccccc2Cl)cnc1NC(=O)C1(c2ccc3c(c2)OCO3)CC1.O=C(O)C1(c2ccc3c(c2)OCO3)CC1. The quantitative estimate of drug-likeness (QED) is 0.129. The van der Waals surface area contributed by atoms with Gasteiger partial charge in [0.15, 0.2) is 28.9 Å². The van der Waals surface area contributed by atoms with Gasteiger partial charge in [-0.25, -0.2) is 9.97 Å². The molecule has 0 saturated heterocycles. The second-order valence-electron chi connectivity index (χ2n) is 14.9. The maximum Gasteiger partial charge on any atom is 0.314 e. The highest BCUT2D eigenvalue weighted by molar-refractivity contribution is 6.31. The molecule has 0 radical (unpaired) electrons. The Kier molecular flexibility index (Phi) is 12.0. The van der Waals surface area contributed by atoms with Gasteiger partial charge in [-0.3, -0.25) is 14.9 Å². The van der Waals surface area contributed by atoms with Crippen molar-refractivity contribution >= 4 is 47.0 Å². The predicted molar refractivity (Wildman–Crippen MR) is 229 cm³/mol. The van der Waals surface area contributed by atoms with Gasteiger partial charge in [0.2, 0.25) is 25.4 Å². The third-order valence-electron chi connectivity index (χ3n) is 11.3. The van der Waals surface area contributed by atoms with E-state index in [1.54, 1.807) is 24.5 Å². The number of imidazole rings is 2. The first-order valence-corrected chi connectivity index (χ1v) is 19.8. The van der Waals surface area contributed by atoms with Crippen molar-refractivity contribution < 1.29 is 33.6 Å². The molecule has 6 aromatic rings. The number of hydrogen-bond acceptors (Lipinski definition) is 9. The summed E-state index contributed by atoms with van der Waals surface area (Å²) in [4.78, 5) is 32.7. The summed E-state index contributed by atoms with van der Waals surface area (Å²) in [7, 11) is 3.80. The number of aliphatic carboxylic acids is 1. The number of nitrogens with one attached hydrogen (secondary N) is 1. The van der Waals surface area contributed by atoms with Gasteiger partial charge in [0.05, 0.1) is 23.2 Å². The maximum atomic E-state index is 13.1. The monoisotopic (exact) mass is 852 g/mol. The zero-order valence-electron chi connectivity index (χ0n) is 32.4. The molecule has 1 amide bonds. The first kappa shape index (κ1) is 42.0. The average Bonchev–Trinajstić information content (AvgIpc) is 4.04. The Balaban J connectivity index is 0.000000148. The number of nitrogen functional groups attached to an aromatic ring is 1. The minimum absolute atomic E-state index is 0. The fourth-order valence-corrected chi connectivity index (χ4v) is 7.56. The third-order valence-corrected chi connectivity index (χ3v) is 12.0. The molecular formula is C45H46Cl2N6O7. The number of benzene rings is 4. The lowest BCUT2D eigenvalue weighted by Gasteiger charge is -2.16. The smallest absolute Gasteiger partial charge is 0.314 e. The largest absolute Gasteiger partial charge is 0.481 e. The van der Waals surface area contributed by atoms with Crippen molar-refractivity contribution in [2.75, 3.05) is 24.6 Å². The van der Waals surface area contributed by atoms with Crippen LogP contribution in [0.25, 0.3) is 0 Å². The van der Waals surface area contributed by atoms with Crippen LogP contribution in [0, 0.1) is 0 Å². The molecule has 4 aromatic carbocycles. The number of hydrogen-bond donors (Lipinski definition) is 3. The number of ether oxygens (including phenoxy) is 4. The predicted octanol–water partition coefficient (Wildman–Crippen LogP) is 8.48. The molecule has 0 bridgehead atoms. The molecule has 2 aromatic heterocycles. The van der Waals surface area contributed by atoms with Crippen molar-refractivity contribution in [3.05, 3.63) is 141 Å². The van der Waals surface area contributed by atoms with Gasteiger partial charge in [0.1, 0.15) is 0 Å². The highest BCUT2D eigenvalue weighted by Crippen LogP contribution is 2.52. The highest BCUT2D eigenvalue weighted by Gasteiger charge is 2.53. The number of rotatable bonds is 9. The Bertz CT molecular complexity index is 2550. The second-order valence-corrected chi connectivity index (χ2v) is 15.7. The van der Waals surface area contributed by atoms with Crippen LogP contribution in [0.1, 0.15) is 66.8 Å². The van der Waals surface area contributed by atoms with Crippen LogP contribution in [-0.4, -0.2) is 49.7 Å². The Hall–Kier alpha value is -6.18. The second kappa shape index (κ2) is 17.2. The molecule has 0 unspecified atom stereocenters. The normalized spacial score (nSPS) is 15.3. The molecule has 312 valence electrons. The van der Waals surface area contributed by atoms with Crippen molar-refractivity contribution in [3.8, 4) is 23.0 Å². The Morgan fingerprint density at radius 3 is 1.63 bits per heavy atom. The van der Waals surface area contributed by atoms with E-state index < -0.39 is 16.8 Å². The van der Waals surface area contributed by atoms with Gasteiger partial charge >= 0.3 is 5.97 Å². The number of carbonyl (C=O) groups excluding carboxylic acids is 1. The van der Waals surface area contributed by atoms with E-state index in [0.29, 0.717) is 48.4 Å². The summed E-state index contributed by atoms with van der Waals surface area (Å²) >= 11 is 12.3. The molecule has 2 aliphatic carbocycles. The van der Waals surface area contributed by atoms with Crippen LogP contribution >= 0.6 is 23.2 Å². The van der Waals surface area contributed by atoms with Crippen LogP contribution in [0.2, 0.25) is 10.0 Å².